The number of carboxylic acid groups (broad SMARTS) is 2. The Morgan fingerprint density at radius 1 is 1.00 bits per heavy atom. The third-order valence-corrected chi connectivity index (χ3v) is 0.533. The second kappa shape index (κ2) is 5.99. The third-order valence-electron chi connectivity index (χ3n) is 0.533. The Bertz CT molecular complexity index is 97.1. The maximum Gasteiger partial charge on any atom is 2.00 e. The summed E-state index contributed by atoms with van der Waals surface area (Å²) >= 11 is 0. The first-order valence-electron chi connectivity index (χ1n) is 2.02. The van der Waals surface area contributed by atoms with Crippen molar-refractivity contribution in [3.8, 4) is 0 Å². The Morgan fingerprint density at radius 3 is 1.33 bits per heavy atom. The molecule has 5 heteroatoms. The van der Waals surface area contributed by atoms with Crippen LogP contribution in [0.2, 0.25) is 0 Å². The fraction of sp³-hybridized carbons (Fsp3) is 0.500. The molecule has 48 valence electrons. The molecule has 0 aromatic carbocycles. The van der Waals surface area contributed by atoms with Crippen molar-refractivity contribution in [2.24, 2.45) is 0 Å². The zero-order valence-corrected chi connectivity index (χ0v) is 8.43. The number of carbonyl (C=O) groups is 2. The van der Waals surface area contributed by atoms with Gasteiger partial charge in [0.25, 0.3) is 0 Å². The van der Waals surface area contributed by atoms with E-state index in [1.807, 2.05) is 0 Å². The van der Waals surface area contributed by atoms with Crippen LogP contribution in [-0.2, 0) is 9.59 Å². The maximum atomic E-state index is 9.50. The summed E-state index contributed by atoms with van der Waals surface area (Å²) in [7, 11) is 0. The zero-order valence-electron chi connectivity index (χ0n) is 4.55. The largest absolute Gasteiger partial charge is 2.00 e. The predicted octanol–water partition coefficient (Wildman–Crippen LogP) is -3.11. The van der Waals surface area contributed by atoms with Crippen LogP contribution in [0.3, 0.4) is 0 Å². The monoisotopic (exact) mass is 324 g/mol. The molecule has 0 N–H and O–H groups in total. The van der Waals surface area contributed by atoms with Crippen LogP contribution in [0.25, 0.3) is 0 Å². The molecule has 0 aromatic rings. The molecule has 0 saturated carbocycles. The molecular formula is C4H4O4Pb. The van der Waals surface area contributed by atoms with Crippen molar-refractivity contribution >= 4 is 39.2 Å². The number of hydrogen-bond acceptors (Lipinski definition) is 4. The quantitative estimate of drug-likeness (QED) is 0.515. The minimum atomic E-state index is -1.37. The van der Waals surface area contributed by atoms with E-state index < -0.39 is 24.8 Å². The summed E-state index contributed by atoms with van der Waals surface area (Å²) < 4.78 is 0. The summed E-state index contributed by atoms with van der Waals surface area (Å²) in [6, 6.07) is 0. The molecule has 4 nitrogen and oxygen atoms in total. The number of carbonyl (C=O) groups excluding carboxylic acids is 2. The van der Waals surface area contributed by atoms with Gasteiger partial charge in [-0.2, -0.15) is 0 Å². The molecule has 0 amide bonds. The van der Waals surface area contributed by atoms with E-state index in [1.54, 1.807) is 0 Å². The molecule has 0 aliphatic heterocycles. The normalized spacial score (nSPS) is 7.56. The molecule has 0 saturated heterocycles. The summed E-state index contributed by atoms with van der Waals surface area (Å²) in [5, 5.41) is 19.0. The van der Waals surface area contributed by atoms with Crippen molar-refractivity contribution in [3.05, 3.63) is 0 Å². The van der Waals surface area contributed by atoms with Crippen LogP contribution in [0.5, 0.6) is 0 Å². The minimum absolute atomic E-state index is 0. The molecule has 0 atom stereocenters. The van der Waals surface area contributed by atoms with Gasteiger partial charge in [0.15, 0.2) is 0 Å². The molecule has 0 bridgehead atoms. The number of aliphatic carboxylic acids is 2. The Hall–Kier alpha value is -0.138. The first-order valence-corrected chi connectivity index (χ1v) is 2.02. The first-order chi connectivity index (χ1) is 3.63. The maximum absolute atomic E-state index is 9.50. The Kier molecular flexibility index (Phi) is 7.74. The van der Waals surface area contributed by atoms with Crippen molar-refractivity contribution in [3.63, 3.8) is 0 Å². The van der Waals surface area contributed by atoms with Gasteiger partial charge in [-0.1, -0.05) is 0 Å². The second-order valence-corrected chi connectivity index (χ2v) is 1.24. The topological polar surface area (TPSA) is 80.3 Å². The SMILES string of the molecule is O=C([O-])CCC(=O)[O-].[Pb+2]. The van der Waals surface area contributed by atoms with Crippen LogP contribution >= 0.6 is 0 Å². The minimum Gasteiger partial charge on any atom is -0.550 e. The molecule has 2 radical (unpaired) electrons. The average molecular weight is 323 g/mol. The average Bonchev–Trinajstić information content (AvgIpc) is 1.61. The molecule has 9 heavy (non-hydrogen) atoms. The van der Waals surface area contributed by atoms with Crippen LogP contribution in [0.1, 0.15) is 12.8 Å². The fourth-order valence-corrected chi connectivity index (χ4v) is 0.204. The number of rotatable bonds is 3. The zero-order chi connectivity index (χ0) is 6.57. The van der Waals surface area contributed by atoms with Gasteiger partial charge in [-0.3, -0.25) is 0 Å². The second-order valence-electron chi connectivity index (χ2n) is 1.24. The van der Waals surface area contributed by atoms with E-state index in [0.29, 0.717) is 0 Å². The van der Waals surface area contributed by atoms with Gasteiger partial charge in [0.2, 0.25) is 0 Å². The van der Waals surface area contributed by atoms with Gasteiger partial charge in [0.05, 0.1) is 0 Å². The van der Waals surface area contributed by atoms with Crippen LogP contribution < -0.4 is 10.2 Å². The Labute approximate surface area is 72.0 Å². The molecular weight excluding hydrogens is 319 g/mol. The van der Waals surface area contributed by atoms with Gasteiger partial charge in [-0.05, 0) is 12.8 Å². The summed E-state index contributed by atoms with van der Waals surface area (Å²) in [4.78, 5) is 19.0. The van der Waals surface area contributed by atoms with E-state index in [9.17, 15) is 19.8 Å². The van der Waals surface area contributed by atoms with E-state index in [1.165, 1.54) is 0 Å². The number of carboxylic acids is 2. The van der Waals surface area contributed by atoms with Crippen molar-refractivity contribution in [2.45, 2.75) is 12.8 Å². The summed E-state index contributed by atoms with van der Waals surface area (Å²) in [6.45, 7) is 0. The summed E-state index contributed by atoms with van der Waals surface area (Å²) in [5.74, 6) is -2.73. The molecule has 0 rings (SSSR count). The smallest absolute Gasteiger partial charge is 0.550 e. The molecule has 0 spiro atoms. The van der Waals surface area contributed by atoms with Gasteiger partial charge in [-0.15, -0.1) is 0 Å². The number of hydrogen-bond donors (Lipinski definition) is 0. The molecule has 0 aromatic heterocycles. The standard InChI is InChI=1S/C4H6O4.Pb/c5-3(6)1-2-4(7)8;/h1-2H2,(H,5,6)(H,7,8);/q;+2/p-2. The molecule has 0 heterocycles. The molecule has 0 aliphatic rings. The first kappa shape index (κ1) is 11.6. The van der Waals surface area contributed by atoms with Crippen LogP contribution in [0.4, 0.5) is 0 Å². The van der Waals surface area contributed by atoms with E-state index in [2.05, 4.69) is 0 Å². The Balaban J connectivity index is 0. The summed E-state index contributed by atoms with van der Waals surface area (Å²) in [6.07, 6.45) is -0.940. The van der Waals surface area contributed by atoms with E-state index in [-0.39, 0.29) is 27.3 Å². The Morgan fingerprint density at radius 2 is 1.22 bits per heavy atom. The van der Waals surface area contributed by atoms with Crippen molar-refractivity contribution in [1.82, 2.24) is 0 Å². The van der Waals surface area contributed by atoms with Gasteiger partial charge in [-0.25, -0.2) is 0 Å². The summed E-state index contributed by atoms with van der Waals surface area (Å²) in [5.41, 5.74) is 0. The predicted molar refractivity (Wildman–Crippen MR) is 25.0 cm³/mol. The van der Waals surface area contributed by atoms with Crippen molar-refractivity contribution in [2.75, 3.05) is 0 Å². The van der Waals surface area contributed by atoms with Gasteiger partial charge < -0.3 is 19.8 Å². The fourth-order valence-electron chi connectivity index (χ4n) is 0.204. The van der Waals surface area contributed by atoms with Crippen molar-refractivity contribution in [1.29, 1.82) is 0 Å². The van der Waals surface area contributed by atoms with Gasteiger partial charge >= 0.3 is 27.3 Å². The van der Waals surface area contributed by atoms with Gasteiger partial charge in [0.1, 0.15) is 0 Å². The molecule has 0 aliphatic carbocycles. The third kappa shape index (κ3) is 11.4. The van der Waals surface area contributed by atoms with E-state index in [4.69, 9.17) is 0 Å². The van der Waals surface area contributed by atoms with E-state index >= 15 is 0 Å². The molecule has 0 fully saturated rings. The van der Waals surface area contributed by atoms with Gasteiger partial charge in [0, 0.05) is 11.9 Å². The molecule has 0 unspecified atom stereocenters. The van der Waals surface area contributed by atoms with Crippen LogP contribution in [0.15, 0.2) is 0 Å². The van der Waals surface area contributed by atoms with Crippen LogP contribution in [-0.4, -0.2) is 39.2 Å². The van der Waals surface area contributed by atoms with Crippen molar-refractivity contribution < 1.29 is 19.8 Å². The van der Waals surface area contributed by atoms with Crippen LogP contribution in [0, 0.1) is 0 Å². The van der Waals surface area contributed by atoms with E-state index in [0.717, 1.165) is 0 Å².